The first kappa shape index (κ1) is 13.4. The minimum atomic E-state index is -0.122. The van der Waals surface area contributed by atoms with E-state index in [1.54, 1.807) is 0 Å². The Labute approximate surface area is 113 Å². The Hall–Kier alpha value is -1.06. The van der Waals surface area contributed by atoms with Crippen molar-refractivity contribution in [2.75, 3.05) is 5.32 Å². The second kappa shape index (κ2) is 4.90. The van der Waals surface area contributed by atoms with Crippen LogP contribution in [0.2, 0.25) is 5.02 Å². The van der Waals surface area contributed by atoms with Crippen LogP contribution in [0.1, 0.15) is 55.3 Å². The second-order valence-electron chi connectivity index (χ2n) is 4.98. The number of hydrogen-bond acceptors (Lipinski definition) is 2. The molecule has 1 amide bonds. The van der Waals surface area contributed by atoms with E-state index in [2.05, 4.69) is 12.2 Å². The molecule has 1 aromatic rings. The molecule has 3 N–H and O–H groups in total. The third-order valence-corrected chi connectivity index (χ3v) is 4.17. The van der Waals surface area contributed by atoms with Gasteiger partial charge in [-0.15, -0.1) is 0 Å². The topological polar surface area (TPSA) is 55.1 Å². The Morgan fingerprint density at radius 1 is 1.56 bits per heavy atom. The molecule has 2 rings (SSSR count). The van der Waals surface area contributed by atoms with Crippen LogP contribution in [-0.4, -0.2) is 5.91 Å². The highest BCUT2D eigenvalue weighted by atomic mass is 35.5. The molecule has 1 aliphatic heterocycles. The van der Waals surface area contributed by atoms with Gasteiger partial charge in [-0.3, -0.25) is 4.79 Å². The summed E-state index contributed by atoms with van der Waals surface area (Å²) in [6, 6.07) is 1.93. The molecule has 0 bridgehead atoms. The molecule has 3 nitrogen and oxygen atoms in total. The lowest BCUT2D eigenvalue weighted by atomic mass is 9.93. The number of hydrogen-bond donors (Lipinski definition) is 2. The van der Waals surface area contributed by atoms with Crippen molar-refractivity contribution in [2.24, 2.45) is 5.73 Å². The normalized spacial score (nSPS) is 19.6. The summed E-state index contributed by atoms with van der Waals surface area (Å²) in [5, 5.41) is 3.57. The zero-order valence-electron chi connectivity index (χ0n) is 11.0. The summed E-state index contributed by atoms with van der Waals surface area (Å²) in [6.07, 6.45) is 1.91. The molecule has 1 aromatic carbocycles. The van der Waals surface area contributed by atoms with Crippen LogP contribution in [0.3, 0.4) is 0 Å². The van der Waals surface area contributed by atoms with Gasteiger partial charge in [-0.2, -0.15) is 0 Å². The summed E-state index contributed by atoms with van der Waals surface area (Å²) in [5.74, 6) is -0.0890. The Balaban J connectivity index is 2.52. The van der Waals surface area contributed by atoms with Gasteiger partial charge >= 0.3 is 0 Å². The summed E-state index contributed by atoms with van der Waals surface area (Å²) in [6.45, 7) is 5.94. The Morgan fingerprint density at radius 2 is 2.22 bits per heavy atom. The third kappa shape index (κ3) is 2.02. The molecule has 0 spiro atoms. The molecule has 0 saturated heterocycles. The van der Waals surface area contributed by atoms with Gasteiger partial charge < -0.3 is 11.1 Å². The fourth-order valence-corrected chi connectivity index (χ4v) is 2.75. The van der Waals surface area contributed by atoms with Crippen LogP contribution < -0.4 is 11.1 Å². The lowest BCUT2D eigenvalue weighted by Gasteiger charge is -2.17. The predicted molar refractivity (Wildman–Crippen MR) is 75.1 cm³/mol. The van der Waals surface area contributed by atoms with Crippen LogP contribution in [0, 0.1) is 6.92 Å². The standard InChI is InChI=1S/C14H19ClN2O/c1-4-5-11(16)10-6-9-7(2)14(18)17-13(9)8(3)12(10)15/h6-7,11H,4-5,16H2,1-3H3,(H,17,18). The van der Waals surface area contributed by atoms with E-state index in [0.29, 0.717) is 5.02 Å². The monoisotopic (exact) mass is 266 g/mol. The van der Waals surface area contributed by atoms with E-state index in [1.165, 1.54) is 0 Å². The van der Waals surface area contributed by atoms with Crippen molar-refractivity contribution in [1.82, 2.24) is 0 Å². The molecule has 0 radical (unpaired) electrons. The highest BCUT2D eigenvalue weighted by molar-refractivity contribution is 6.33. The SMILES string of the molecule is CCCC(N)c1cc2c(c(C)c1Cl)NC(=O)C2C. The first-order valence-electron chi connectivity index (χ1n) is 6.36. The number of carbonyl (C=O) groups is 1. The van der Waals surface area contributed by atoms with Crippen molar-refractivity contribution in [3.63, 3.8) is 0 Å². The lowest BCUT2D eigenvalue weighted by Crippen LogP contribution is -2.11. The summed E-state index contributed by atoms with van der Waals surface area (Å²) >= 11 is 6.37. The van der Waals surface area contributed by atoms with Gasteiger partial charge in [0.2, 0.25) is 5.91 Å². The van der Waals surface area contributed by atoms with Crippen molar-refractivity contribution in [2.45, 2.75) is 45.6 Å². The Kier molecular flexibility index (Phi) is 3.64. The highest BCUT2D eigenvalue weighted by Gasteiger charge is 2.30. The molecule has 18 heavy (non-hydrogen) atoms. The quantitative estimate of drug-likeness (QED) is 0.880. The van der Waals surface area contributed by atoms with E-state index in [9.17, 15) is 4.79 Å². The van der Waals surface area contributed by atoms with E-state index in [1.807, 2.05) is 19.9 Å². The largest absolute Gasteiger partial charge is 0.325 e. The Morgan fingerprint density at radius 3 is 2.83 bits per heavy atom. The van der Waals surface area contributed by atoms with E-state index >= 15 is 0 Å². The van der Waals surface area contributed by atoms with Crippen molar-refractivity contribution in [1.29, 1.82) is 0 Å². The van der Waals surface area contributed by atoms with E-state index in [0.717, 1.165) is 35.2 Å². The maximum Gasteiger partial charge on any atom is 0.231 e. The number of anilines is 1. The minimum Gasteiger partial charge on any atom is -0.325 e. The highest BCUT2D eigenvalue weighted by Crippen LogP contribution is 2.41. The van der Waals surface area contributed by atoms with Crippen molar-refractivity contribution < 1.29 is 4.79 Å². The summed E-state index contributed by atoms with van der Waals surface area (Å²) in [5.41, 5.74) is 9.92. The number of nitrogens with one attached hydrogen (secondary N) is 1. The summed E-state index contributed by atoms with van der Waals surface area (Å²) in [4.78, 5) is 11.7. The van der Waals surface area contributed by atoms with Gasteiger partial charge in [-0.1, -0.05) is 24.9 Å². The van der Waals surface area contributed by atoms with Gasteiger partial charge in [0.25, 0.3) is 0 Å². The second-order valence-corrected chi connectivity index (χ2v) is 5.35. The number of nitrogens with two attached hydrogens (primary N) is 1. The number of halogens is 1. The third-order valence-electron chi connectivity index (χ3n) is 3.66. The number of fused-ring (bicyclic) bond motifs is 1. The lowest BCUT2D eigenvalue weighted by molar-refractivity contribution is -0.116. The zero-order chi connectivity index (χ0) is 13.4. The van der Waals surface area contributed by atoms with Crippen LogP contribution in [0.25, 0.3) is 0 Å². The first-order chi connectivity index (χ1) is 8.47. The molecule has 0 fully saturated rings. The smallest absolute Gasteiger partial charge is 0.231 e. The van der Waals surface area contributed by atoms with Gasteiger partial charge in [0.15, 0.2) is 0 Å². The predicted octanol–water partition coefficient (Wildman–Crippen LogP) is 3.50. The molecule has 0 saturated carbocycles. The molecular formula is C14H19ClN2O. The Bertz CT molecular complexity index is 499. The number of rotatable bonds is 3. The number of amides is 1. The van der Waals surface area contributed by atoms with E-state index in [-0.39, 0.29) is 17.9 Å². The molecule has 0 aliphatic carbocycles. The molecule has 0 aromatic heterocycles. The molecule has 2 unspecified atom stereocenters. The van der Waals surface area contributed by atoms with Gasteiger partial charge in [-0.05, 0) is 43.0 Å². The van der Waals surface area contributed by atoms with Crippen LogP contribution in [0.5, 0.6) is 0 Å². The van der Waals surface area contributed by atoms with Crippen LogP contribution in [-0.2, 0) is 4.79 Å². The molecular weight excluding hydrogens is 248 g/mol. The fourth-order valence-electron chi connectivity index (χ4n) is 2.46. The van der Waals surface area contributed by atoms with Gasteiger partial charge in [-0.25, -0.2) is 0 Å². The number of benzene rings is 1. The van der Waals surface area contributed by atoms with E-state index in [4.69, 9.17) is 17.3 Å². The molecule has 98 valence electrons. The maximum absolute atomic E-state index is 11.7. The van der Waals surface area contributed by atoms with Crippen LogP contribution >= 0.6 is 11.6 Å². The number of carbonyl (C=O) groups excluding carboxylic acids is 1. The summed E-state index contributed by atoms with van der Waals surface area (Å²) < 4.78 is 0. The van der Waals surface area contributed by atoms with E-state index < -0.39 is 0 Å². The first-order valence-corrected chi connectivity index (χ1v) is 6.74. The van der Waals surface area contributed by atoms with Crippen molar-refractivity contribution in [3.05, 3.63) is 27.8 Å². The molecule has 1 heterocycles. The minimum absolute atomic E-state index is 0.0328. The maximum atomic E-state index is 11.7. The summed E-state index contributed by atoms with van der Waals surface area (Å²) in [7, 11) is 0. The van der Waals surface area contributed by atoms with Crippen molar-refractivity contribution in [3.8, 4) is 0 Å². The molecule has 1 aliphatic rings. The zero-order valence-corrected chi connectivity index (χ0v) is 11.8. The van der Waals surface area contributed by atoms with Crippen molar-refractivity contribution >= 4 is 23.2 Å². The molecule has 4 heteroatoms. The average molecular weight is 267 g/mol. The van der Waals surface area contributed by atoms with Gasteiger partial charge in [0.05, 0.1) is 10.9 Å². The van der Waals surface area contributed by atoms with Gasteiger partial charge in [0, 0.05) is 11.7 Å². The van der Waals surface area contributed by atoms with Gasteiger partial charge in [0.1, 0.15) is 0 Å². The fraction of sp³-hybridized carbons (Fsp3) is 0.500. The average Bonchev–Trinajstić information content (AvgIpc) is 2.61. The van der Waals surface area contributed by atoms with Crippen LogP contribution in [0.4, 0.5) is 5.69 Å². The molecule has 2 atom stereocenters. The van der Waals surface area contributed by atoms with Crippen LogP contribution in [0.15, 0.2) is 6.07 Å².